The number of hydrogen-bond acceptors (Lipinski definition) is 3. The molecular formula is C7H9F3N2O3S. The van der Waals surface area contributed by atoms with Crippen molar-refractivity contribution in [2.75, 3.05) is 6.54 Å². The van der Waals surface area contributed by atoms with E-state index >= 15 is 0 Å². The first-order valence-electron chi connectivity index (χ1n) is 4.05. The van der Waals surface area contributed by atoms with Crippen LogP contribution >= 0.6 is 0 Å². The third kappa shape index (κ3) is 4.21. The molecule has 0 atom stereocenters. The number of halogens is 3. The van der Waals surface area contributed by atoms with E-state index in [9.17, 15) is 21.6 Å². The molecule has 1 heterocycles. The standard InChI is InChI=1S/C7H9F3N2O3S/c8-7(9,10)5-12(16(11,13)14)4-6-2-1-3-15-6/h1-3H,4-5H2,(H2,11,13,14). The molecule has 1 aromatic rings. The maximum absolute atomic E-state index is 12.1. The zero-order valence-electron chi connectivity index (χ0n) is 7.94. The second kappa shape index (κ2) is 4.44. The van der Waals surface area contributed by atoms with E-state index in [2.05, 4.69) is 5.14 Å². The number of hydrogen-bond donors (Lipinski definition) is 1. The van der Waals surface area contributed by atoms with Gasteiger partial charge in [-0.05, 0) is 12.1 Å². The molecule has 5 nitrogen and oxygen atoms in total. The summed E-state index contributed by atoms with van der Waals surface area (Å²) in [7, 11) is -4.42. The van der Waals surface area contributed by atoms with Crippen LogP contribution in [0.1, 0.15) is 5.76 Å². The molecule has 0 aliphatic heterocycles. The molecule has 0 aliphatic rings. The zero-order valence-corrected chi connectivity index (χ0v) is 8.75. The Kier molecular flexibility index (Phi) is 3.61. The summed E-state index contributed by atoms with van der Waals surface area (Å²) in [6, 6.07) is 2.79. The normalized spacial score (nSPS) is 13.3. The van der Waals surface area contributed by atoms with Gasteiger partial charge in [0.2, 0.25) is 0 Å². The fraction of sp³-hybridized carbons (Fsp3) is 0.429. The molecule has 92 valence electrons. The molecule has 0 amide bonds. The molecule has 0 saturated carbocycles. The van der Waals surface area contributed by atoms with Gasteiger partial charge in [0.1, 0.15) is 12.3 Å². The van der Waals surface area contributed by atoms with E-state index < -0.39 is 29.5 Å². The van der Waals surface area contributed by atoms with Gasteiger partial charge in [-0.2, -0.15) is 25.9 Å². The summed E-state index contributed by atoms with van der Waals surface area (Å²) in [6.07, 6.45) is -3.43. The topological polar surface area (TPSA) is 76.5 Å². The highest BCUT2D eigenvalue weighted by molar-refractivity contribution is 7.86. The first kappa shape index (κ1) is 13.0. The fourth-order valence-corrected chi connectivity index (χ4v) is 1.65. The summed E-state index contributed by atoms with van der Waals surface area (Å²) in [6.45, 7) is -2.20. The van der Waals surface area contributed by atoms with E-state index in [0.29, 0.717) is 0 Å². The predicted octanol–water partition coefficient (Wildman–Crippen LogP) is 0.847. The van der Waals surface area contributed by atoms with Crippen molar-refractivity contribution in [1.29, 1.82) is 0 Å². The summed E-state index contributed by atoms with van der Waals surface area (Å²) in [5.74, 6) is 0.0817. The lowest BCUT2D eigenvalue weighted by Crippen LogP contribution is -2.42. The summed E-state index contributed by atoms with van der Waals surface area (Å²) < 4.78 is 62.8. The summed E-state index contributed by atoms with van der Waals surface area (Å²) in [5, 5.41) is 4.66. The fourth-order valence-electron chi connectivity index (χ4n) is 1.01. The molecule has 0 spiro atoms. The van der Waals surface area contributed by atoms with Gasteiger partial charge < -0.3 is 4.42 Å². The van der Waals surface area contributed by atoms with Crippen LogP contribution in [0.15, 0.2) is 22.8 Å². The van der Waals surface area contributed by atoms with Crippen molar-refractivity contribution in [2.45, 2.75) is 12.7 Å². The molecule has 0 aliphatic carbocycles. The Hall–Kier alpha value is -1.06. The monoisotopic (exact) mass is 258 g/mol. The minimum absolute atomic E-state index is 0.0817. The molecule has 16 heavy (non-hydrogen) atoms. The molecule has 0 bridgehead atoms. The van der Waals surface area contributed by atoms with Gasteiger partial charge >= 0.3 is 6.18 Å². The second-order valence-corrected chi connectivity index (χ2v) is 4.55. The van der Waals surface area contributed by atoms with Crippen molar-refractivity contribution >= 4 is 10.2 Å². The minimum atomic E-state index is -4.65. The smallest absolute Gasteiger partial charge is 0.402 e. The second-order valence-electron chi connectivity index (χ2n) is 3.01. The van der Waals surface area contributed by atoms with Crippen LogP contribution in [0.3, 0.4) is 0 Å². The average Bonchev–Trinajstić information content (AvgIpc) is 2.51. The summed E-state index contributed by atoms with van der Waals surface area (Å²) in [4.78, 5) is 0. The SMILES string of the molecule is NS(=O)(=O)N(Cc1ccco1)CC(F)(F)F. The van der Waals surface area contributed by atoms with Crippen molar-refractivity contribution in [3.63, 3.8) is 0 Å². The zero-order chi connectivity index (χ0) is 12.4. The van der Waals surface area contributed by atoms with Gasteiger partial charge in [-0.3, -0.25) is 0 Å². The van der Waals surface area contributed by atoms with E-state index in [1.54, 1.807) is 0 Å². The van der Waals surface area contributed by atoms with E-state index in [1.165, 1.54) is 18.4 Å². The highest BCUT2D eigenvalue weighted by atomic mass is 32.2. The molecule has 0 radical (unpaired) electrons. The van der Waals surface area contributed by atoms with Crippen LogP contribution < -0.4 is 5.14 Å². The van der Waals surface area contributed by atoms with Crippen LogP contribution in [0.2, 0.25) is 0 Å². The minimum Gasteiger partial charge on any atom is -0.468 e. The van der Waals surface area contributed by atoms with Gasteiger partial charge in [-0.1, -0.05) is 0 Å². The lowest BCUT2D eigenvalue weighted by Gasteiger charge is -2.19. The third-order valence-electron chi connectivity index (χ3n) is 1.63. The Morgan fingerprint density at radius 3 is 2.44 bits per heavy atom. The van der Waals surface area contributed by atoms with Crippen LogP contribution in [-0.4, -0.2) is 25.4 Å². The molecule has 0 saturated heterocycles. The number of nitrogens with two attached hydrogens (primary N) is 1. The Morgan fingerprint density at radius 2 is 2.06 bits per heavy atom. The van der Waals surface area contributed by atoms with Crippen molar-refractivity contribution in [1.82, 2.24) is 4.31 Å². The van der Waals surface area contributed by atoms with Crippen LogP contribution in [0.25, 0.3) is 0 Å². The van der Waals surface area contributed by atoms with Gasteiger partial charge in [0, 0.05) is 0 Å². The van der Waals surface area contributed by atoms with Crippen LogP contribution in [0.5, 0.6) is 0 Å². The first-order chi connectivity index (χ1) is 7.18. The van der Waals surface area contributed by atoms with Crippen LogP contribution in [0.4, 0.5) is 13.2 Å². The van der Waals surface area contributed by atoms with E-state index in [-0.39, 0.29) is 10.1 Å². The van der Waals surface area contributed by atoms with E-state index in [0.717, 1.165) is 0 Å². The maximum Gasteiger partial charge on any atom is 0.402 e. The number of alkyl halides is 3. The lowest BCUT2D eigenvalue weighted by molar-refractivity contribution is -0.137. The molecule has 2 N–H and O–H groups in total. The Bertz CT molecular complexity index is 426. The predicted molar refractivity (Wildman–Crippen MR) is 48.3 cm³/mol. The number of rotatable bonds is 4. The van der Waals surface area contributed by atoms with E-state index in [4.69, 9.17) is 4.42 Å². The Labute approximate surface area is 89.8 Å². The van der Waals surface area contributed by atoms with Crippen molar-refractivity contribution in [3.05, 3.63) is 24.2 Å². The number of nitrogens with zero attached hydrogens (tertiary/aromatic N) is 1. The van der Waals surface area contributed by atoms with Gasteiger partial charge in [0.15, 0.2) is 0 Å². The molecule has 1 aromatic heterocycles. The van der Waals surface area contributed by atoms with Crippen molar-refractivity contribution in [2.24, 2.45) is 5.14 Å². The van der Waals surface area contributed by atoms with Crippen molar-refractivity contribution < 1.29 is 26.0 Å². The van der Waals surface area contributed by atoms with Crippen LogP contribution in [0, 0.1) is 0 Å². The molecule has 9 heteroatoms. The lowest BCUT2D eigenvalue weighted by atomic mass is 10.4. The van der Waals surface area contributed by atoms with Gasteiger partial charge in [0.25, 0.3) is 10.2 Å². The number of furan rings is 1. The summed E-state index contributed by atoms with van der Waals surface area (Å²) >= 11 is 0. The first-order valence-corrected chi connectivity index (χ1v) is 5.56. The maximum atomic E-state index is 12.1. The molecular weight excluding hydrogens is 249 g/mol. The molecule has 0 aromatic carbocycles. The Morgan fingerprint density at radius 1 is 1.44 bits per heavy atom. The summed E-state index contributed by atoms with van der Waals surface area (Å²) in [5.41, 5.74) is 0. The van der Waals surface area contributed by atoms with E-state index in [1.807, 2.05) is 0 Å². The molecule has 0 unspecified atom stereocenters. The largest absolute Gasteiger partial charge is 0.468 e. The highest BCUT2D eigenvalue weighted by Gasteiger charge is 2.35. The van der Waals surface area contributed by atoms with Gasteiger partial charge in [-0.25, -0.2) is 5.14 Å². The van der Waals surface area contributed by atoms with Crippen molar-refractivity contribution in [3.8, 4) is 0 Å². The molecule has 1 rings (SSSR count). The quantitative estimate of drug-likeness (QED) is 0.869. The van der Waals surface area contributed by atoms with Gasteiger partial charge in [-0.15, -0.1) is 0 Å². The highest BCUT2D eigenvalue weighted by Crippen LogP contribution is 2.19. The van der Waals surface area contributed by atoms with Gasteiger partial charge in [0.05, 0.1) is 12.8 Å². The average molecular weight is 258 g/mol. The molecule has 0 fully saturated rings. The Balaban J connectivity index is 2.81. The third-order valence-corrected chi connectivity index (χ3v) is 2.61. The van der Waals surface area contributed by atoms with Crippen LogP contribution in [-0.2, 0) is 16.8 Å².